The molecular weight excluding hydrogens is 226 g/mol. The lowest BCUT2D eigenvalue weighted by Gasteiger charge is -1.99. The molecule has 1 aromatic heterocycles. The lowest BCUT2D eigenvalue weighted by Crippen LogP contribution is -2.06. The third-order valence-corrected chi connectivity index (χ3v) is 2.31. The number of benzene rings is 1. The zero-order valence-electron chi connectivity index (χ0n) is 8.88. The second-order valence-corrected chi connectivity index (χ2v) is 3.55. The van der Waals surface area contributed by atoms with E-state index in [-0.39, 0.29) is 0 Å². The summed E-state index contributed by atoms with van der Waals surface area (Å²) >= 11 is 0. The van der Waals surface area contributed by atoms with E-state index in [1.807, 2.05) is 0 Å². The van der Waals surface area contributed by atoms with E-state index in [1.165, 1.54) is 10.9 Å². The number of hydrogen-bond acceptors (Lipinski definition) is 2. The first kappa shape index (κ1) is 11.4. The minimum atomic E-state index is -2.42. The van der Waals surface area contributed by atoms with E-state index in [2.05, 4.69) is 5.10 Å². The Morgan fingerprint density at radius 1 is 1.24 bits per heavy atom. The van der Waals surface area contributed by atoms with Crippen LogP contribution >= 0.6 is 0 Å². The van der Waals surface area contributed by atoms with Crippen molar-refractivity contribution < 1.29 is 13.6 Å². The maximum atomic E-state index is 12.1. The number of carbonyl (C=O) groups is 1. The Hall–Kier alpha value is -2.04. The van der Waals surface area contributed by atoms with Gasteiger partial charge in [0.25, 0.3) is 6.43 Å². The van der Waals surface area contributed by atoms with Gasteiger partial charge in [0.1, 0.15) is 12.8 Å². The largest absolute Gasteiger partial charge is 0.298 e. The van der Waals surface area contributed by atoms with Crippen molar-refractivity contribution in [3.8, 4) is 11.3 Å². The predicted octanol–water partition coefficient (Wildman–Crippen LogP) is 2.63. The normalized spacial score (nSPS) is 10.8. The summed E-state index contributed by atoms with van der Waals surface area (Å²) in [5, 5.41) is 4.02. The minimum Gasteiger partial charge on any atom is -0.298 e. The predicted molar refractivity (Wildman–Crippen MR) is 59.1 cm³/mol. The van der Waals surface area contributed by atoms with Gasteiger partial charge in [-0.1, -0.05) is 24.3 Å². The molecule has 0 N–H and O–H groups in total. The van der Waals surface area contributed by atoms with E-state index in [4.69, 9.17) is 0 Å². The molecule has 88 valence electrons. The maximum Gasteiger partial charge on any atom is 0.257 e. The van der Waals surface area contributed by atoms with Crippen LogP contribution in [-0.4, -0.2) is 22.5 Å². The number of aromatic nitrogens is 2. The van der Waals surface area contributed by atoms with Crippen LogP contribution in [0.25, 0.3) is 11.3 Å². The lowest BCUT2D eigenvalue weighted by molar-refractivity contribution is 0.112. The molecule has 0 aliphatic rings. The van der Waals surface area contributed by atoms with Crippen molar-refractivity contribution >= 4 is 6.29 Å². The van der Waals surface area contributed by atoms with Crippen LogP contribution in [0.3, 0.4) is 0 Å². The molecule has 5 heteroatoms. The Labute approximate surface area is 96.7 Å². The fourth-order valence-corrected chi connectivity index (χ4v) is 1.49. The monoisotopic (exact) mass is 236 g/mol. The molecule has 0 radical (unpaired) electrons. The van der Waals surface area contributed by atoms with Crippen molar-refractivity contribution in [1.29, 1.82) is 0 Å². The molecule has 3 nitrogen and oxygen atoms in total. The topological polar surface area (TPSA) is 34.9 Å². The Balaban J connectivity index is 2.21. The van der Waals surface area contributed by atoms with Crippen LogP contribution in [-0.2, 0) is 6.54 Å². The van der Waals surface area contributed by atoms with Crippen molar-refractivity contribution in [2.75, 3.05) is 0 Å². The summed E-state index contributed by atoms with van der Waals surface area (Å²) < 4.78 is 25.5. The fraction of sp³-hybridized carbons (Fsp3) is 0.167. The van der Waals surface area contributed by atoms with Gasteiger partial charge in [0.2, 0.25) is 0 Å². The second kappa shape index (κ2) is 4.86. The van der Waals surface area contributed by atoms with E-state index in [1.54, 1.807) is 30.3 Å². The van der Waals surface area contributed by atoms with Gasteiger partial charge in [-0.3, -0.25) is 9.48 Å². The molecule has 0 aliphatic heterocycles. The number of rotatable bonds is 4. The first-order chi connectivity index (χ1) is 8.19. The molecule has 0 atom stereocenters. The smallest absolute Gasteiger partial charge is 0.257 e. The van der Waals surface area contributed by atoms with Crippen molar-refractivity contribution in [3.05, 3.63) is 42.1 Å². The number of nitrogens with zero attached hydrogens (tertiary/aromatic N) is 2. The summed E-state index contributed by atoms with van der Waals surface area (Å²) in [4.78, 5) is 10.5. The second-order valence-electron chi connectivity index (χ2n) is 3.55. The SMILES string of the molecule is O=Cc1ccc(-c2ccn(CC(F)F)n2)cc1. The van der Waals surface area contributed by atoms with Crippen LogP contribution in [0.1, 0.15) is 10.4 Å². The molecule has 0 amide bonds. The van der Waals surface area contributed by atoms with Gasteiger partial charge in [-0.05, 0) is 6.07 Å². The van der Waals surface area contributed by atoms with Crippen molar-refractivity contribution in [2.45, 2.75) is 13.0 Å². The molecule has 0 bridgehead atoms. The number of carbonyl (C=O) groups excluding carboxylic acids is 1. The highest BCUT2D eigenvalue weighted by Gasteiger charge is 2.06. The summed E-state index contributed by atoms with van der Waals surface area (Å²) in [6.45, 7) is -0.410. The fourth-order valence-electron chi connectivity index (χ4n) is 1.49. The first-order valence-corrected chi connectivity index (χ1v) is 5.06. The highest BCUT2D eigenvalue weighted by Crippen LogP contribution is 2.17. The maximum absolute atomic E-state index is 12.1. The van der Waals surface area contributed by atoms with Crippen LogP contribution in [0.4, 0.5) is 8.78 Å². The third-order valence-electron chi connectivity index (χ3n) is 2.31. The van der Waals surface area contributed by atoms with Crippen LogP contribution in [0.15, 0.2) is 36.5 Å². The van der Waals surface area contributed by atoms with E-state index >= 15 is 0 Å². The van der Waals surface area contributed by atoms with E-state index in [0.29, 0.717) is 11.3 Å². The van der Waals surface area contributed by atoms with Gasteiger partial charge in [0.15, 0.2) is 0 Å². The number of halogens is 2. The average Bonchev–Trinajstić information content (AvgIpc) is 2.77. The number of alkyl halides is 2. The van der Waals surface area contributed by atoms with Crippen molar-refractivity contribution in [3.63, 3.8) is 0 Å². The van der Waals surface area contributed by atoms with E-state index in [9.17, 15) is 13.6 Å². The number of aldehydes is 1. The molecule has 17 heavy (non-hydrogen) atoms. The van der Waals surface area contributed by atoms with Crippen LogP contribution in [0.5, 0.6) is 0 Å². The summed E-state index contributed by atoms with van der Waals surface area (Å²) in [7, 11) is 0. The van der Waals surface area contributed by atoms with Gasteiger partial charge in [0.05, 0.1) is 5.69 Å². The molecule has 1 heterocycles. The highest BCUT2D eigenvalue weighted by atomic mass is 19.3. The van der Waals surface area contributed by atoms with Crippen LogP contribution in [0, 0.1) is 0 Å². The first-order valence-electron chi connectivity index (χ1n) is 5.06. The molecule has 0 unspecified atom stereocenters. The third kappa shape index (κ3) is 2.75. The van der Waals surface area contributed by atoms with Gasteiger partial charge in [-0.15, -0.1) is 0 Å². The molecule has 1 aromatic carbocycles. The Morgan fingerprint density at radius 2 is 1.94 bits per heavy atom. The van der Waals surface area contributed by atoms with Gasteiger partial charge >= 0.3 is 0 Å². The molecule has 0 saturated carbocycles. The Kier molecular flexibility index (Phi) is 3.27. The Bertz CT molecular complexity index is 505. The average molecular weight is 236 g/mol. The van der Waals surface area contributed by atoms with Gasteiger partial charge in [0, 0.05) is 17.3 Å². The summed E-state index contributed by atoms with van der Waals surface area (Å²) in [6, 6.07) is 8.46. The van der Waals surface area contributed by atoms with Crippen molar-refractivity contribution in [2.24, 2.45) is 0 Å². The quantitative estimate of drug-likeness (QED) is 0.765. The molecule has 2 rings (SSSR count). The molecule has 0 saturated heterocycles. The molecular formula is C12H10F2N2O. The van der Waals surface area contributed by atoms with E-state index in [0.717, 1.165) is 11.8 Å². The summed E-state index contributed by atoms with van der Waals surface area (Å²) in [6.07, 6.45) is -0.158. The van der Waals surface area contributed by atoms with E-state index < -0.39 is 13.0 Å². The summed E-state index contributed by atoms with van der Waals surface area (Å²) in [5.74, 6) is 0. The zero-order valence-corrected chi connectivity index (χ0v) is 8.88. The zero-order chi connectivity index (χ0) is 12.3. The molecule has 2 aromatic rings. The summed E-state index contributed by atoms with van der Waals surface area (Å²) in [5.41, 5.74) is 1.98. The highest BCUT2D eigenvalue weighted by molar-refractivity contribution is 5.76. The van der Waals surface area contributed by atoms with Crippen molar-refractivity contribution in [1.82, 2.24) is 9.78 Å². The van der Waals surface area contributed by atoms with Crippen LogP contribution in [0.2, 0.25) is 0 Å². The standard InChI is InChI=1S/C12H10F2N2O/c13-12(14)7-16-6-5-11(15-16)10-3-1-9(8-17)2-4-10/h1-6,8,12H,7H2. The minimum absolute atomic E-state index is 0.410. The Morgan fingerprint density at radius 3 is 2.53 bits per heavy atom. The lowest BCUT2D eigenvalue weighted by atomic mass is 10.1. The molecule has 0 fully saturated rings. The number of hydrogen-bond donors (Lipinski definition) is 0. The van der Waals surface area contributed by atoms with Crippen LogP contribution < -0.4 is 0 Å². The van der Waals surface area contributed by atoms with Gasteiger partial charge in [-0.2, -0.15) is 5.10 Å². The molecule has 0 aliphatic carbocycles. The van der Waals surface area contributed by atoms with Gasteiger partial charge in [-0.25, -0.2) is 8.78 Å². The molecule has 0 spiro atoms. The van der Waals surface area contributed by atoms with Gasteiger partial charge < -0.3 is 0 Å².